The molecule has 1 aliphatic carbocycles. The minimum absolute atomic E-state index is 0.0353. The molecule has 6 aromatic rings. The number of rotatable bonds is 14. The van der Waals surface area contributed by atoms with Crippen LogP contribution in [0.3, 0.4) is 0 Å². The number of esters is 1. The van der Waals surface area contributed by atoms with Crippen LogP contribution in [-0.4, -0.2) is 40.7 Å². The van der Waals surface area contributed by atoms with Gasteiger partial charge in [0.25, 0.3) is 5.91 Å². The highest BCUT2D eigenvalue weighted by Gasteiger charge is 2.40. The monoisotopic (exact) mass is 734 g/mol. The molecule has 2 heterocycles. The molecule has 10 nitrogen and oxygen atoms in total. The van der Waals surface area contributed by atoms with Crippen LogP contribution >= 0.6 is 0 Å². The van der Waals surface area contributed by atoms with E-state index in [1.54, 1.807) is 24.8 Å². The highest BCUT2D eigenvalue weighted by Crippen LogP contribution is 2.32. The molecule has 0 saturated heterocycles. The molecule has 0 radical (unpaired) electrons. The maximum Gasteiger partial charge on any atom is 0.309 e. The molecule has 10 heteroatoms. The Labute approximate surface area is 320 Å². The molecule has 0 bridgehead atoms. The Balaban J connectivity index is 1.14. The molecule has 6 N–H and O–H groups in total. The maximum absolute atomic E-state index is 14.6. The molecule has 280 valence electrons. The molecular weight excluding hydrogens is 689 g/mol. The number of hydrogen-bond donors (Lipinski definition) is 4. The number of carbonyl (C=O) groups is 3. The van der Waals surface area contributed by atoms with E-state index in [4.69, 9.17) is 16.2 Å². The third-order valence-electron chi connectivity index (χ3n) is 10.7. The zero-order valence-corrected chi connectivity index (χ0v) is 30.7. The Kier molecular flexibility index (Phi) is 11.6. The smallest absolute Gasteiger partial charge is 0.309 e. The fourth-order valence-corrected chi connectivity index (χ4v) is 7.56. The number of ether oxygens (including phenoxy) is 1. The molecule has 2 unspecified atom stereocenters. The lowest BCUT2D eigenvalue weighted by Gasteiger charge is -2.34. The number of carbonyl (C=O) groups excluding carboxylic acids is 3. The molecule has 1 amide bonds. The lowest BCUT2D eigenvalue weighted by Crippen LogP contribution is -2.52. The summed E-state index contributed by atoms with van der Waals surface area (Å²) in [5.74, 6) is -1.19. The average Bonchev–Trinajstić information content (AvgIpc) is 3.22. The van der Waals surface area contributed by atoms with Gasteiger partial charge in [0.2, 0.25) is 0 Å². The van der Waals surface area contributed by atoms with Crippen molar-refractivity contribution in [1.82, 2.24) is 9.97 Å². The number of nitrogens with two attached hydrogens (primary N) is 2. The van der Waals surface area contributed by atoms with Gasteiger partial charge in [-0.15, -0.1) is 0 Å². The predicted molar refractivity (Wildman–Crippen MR) is 216 cm³/mol. The van der Waals surface area contributed by atoms with Crippen LogP contribution in [0.15, 0.2) is 122 Å². The third-order valence-corrected chi connectivity index (χ3v) is 10.7. The van der Waals surface area contributed by atoms with Crippen molar-refractivity contribution in [2.75, 3.05) is 23.7 Å². The fraction of sp³-hybridized carbons (Fsp3) is 0.267. The normalized spacial score (nSPS) is 14.9. The summed E-state index contributed by atoms with van der Waals surface area (Å²) in [6.45, 7) is 0.170. The van der Waals surface area contributed by atoms with Gasteiger partial charge in [0.05, 0.1) is 11.8 Å². The first kappa shape index (κ1) is 37.3. The highest BCUT2D eigenvalue weighted by molar-refractivity contribution is 6.03. The first-order valence-electron chi connectivity index (χ1n) is 18.9. The van der Waals surface area contributed by atoms with Crippen LogP contribution in [-0.2, 0) is 37.7 Å². The summed E-state index contributed by atoms with van der Waals surface area (Å²) >= 11 is 0. The summed E-state index contributed by atoms with van der Waals surface area (Å²) in [4.78, 5) is 49.6. The number of benzene rings is 4. The summed E-state index contributed by atoms with van der Waals surface area (Å²) in [5.41, 5.74) is 15.6. The van der Waals surface area contributed by atoms with Gasteiger partial charge in [0, 0.05) is 66.4 Å². The van der Waals surface area contributed by atoms with Crippen molar-refractivity contribution in [1.29, 1.82) is 0 Å². The van der Waals surface area contributed by atoms with Crippen molar-refractivity contribution < 1.29 is 19.1 Å². The Morgan fingerprint density at radius 2 is 1.42 bits per heavy atom. The zero-order chi connectivity index (χ0) is 38.2. The molecule has 1 aliphatic rings. The second kappa shape index (κ2) is 17.0. The van der Waals surface area contributed by atoms with Crippen molar-refractivity contribution in [3.8, 4) is 0 Å². The van der Waals surface area contributed by atoms with Crippen LogP contribution in [0, 0.1) is 5.92 Å². The van der Waals surface area contributed by atoms with Gasteiger partial charge >= 0.3 is 5.97 Å². The number of ketones is 1. The van der Waals surface area contributed by atoms with Crippen molar-refractivity contribution in [3.05, 3.63) is 144 Å². The lowest BCUT2D eigenvalue weighted by atomic mass is 9.85. The van der Waals surface area contributed by atoms with Crippen LogP contribution < -0.4 is 22.1 Å². The largest absolute Gasteiger partial charge is 0.461 e. The van der Waals surface area contributed by atoms with Gasteiger partial charge in [0.15, 0.2) is 5.54 Å². The van der Waals surface area contributed by atoms with E-state index in [2.05, 4.69) is 20.6 Å². The van der Waals surface area contributed by atoms with E-state index in [1.807, 2.05) is 97.1 Å². The Morgan fingerprint density at radius 1 is 0.745 bits per heavy atom. The standard InChI is InChI=1S/C45H46N6O4/c46-25-41(35-10-4-7-31(20-35)28-55-43(53)32-8-2-1-3-9-32)42(52)22-30-6-5-11-38(21-30)45(29-47,51-40-15-13-37-27-49-19-17-34(37)24-40)44(54)50-39-14-12-36-26-48-18-16-33(36)23-39/h4-7,10-21,23-24,26-27,32,41,51H,1-3,8-9,22,25,28-29,46-47H2,(H,50,54). The molecule has 2 atom stereocenters. The summed E-state index contributed by atoms with van der Waals surface area (Å²) in [7, 11) is 0. The third kappa shape index (κ3) is 8.56. The average molecular weight is 735 g/mol. The molecule has 1 saturated carbocycles. The number of amides is 1. The van der Waals surface area contributed by atoms with Gasteiger partial charge in [-0.1, -0.05) is 79.9 Å². The molecule has 7 rings (SSSR count). The van der Waals surface area contributed by atoms with Crippen LogP contribution in [0.5, 0.6) is 0 Å². The number of hydrogen-bond acceptors (Lipinski definition) is 9. The Hall–Kier alpha value is -5.97. The van der Waals surface area contributed by atoms with Gasteiger partial charge in [0.1, 0.15) is 12.4 Å². The zero-order valence-electron chi connectivity index (χ0n) is 30.7. The van der Waals surface area contributed by atoms with Gasteiger partial charge in [-0.05, 0) is 82.3 Å². The minimum atomic E-state index is -1.43. The number of pyridine rings is 2. The molecule has 1 fully saturated rings. The molecule has 55 heavy (non-hydrogen) atoms. The summed E-state index contributed by atoms with van der Waals surface area (Å²) in [5, 5.41) is 10.4. The van der Waals surface area contributed by atoms with Gasteiger partial charge in [-0.2, -0.15) is 0 Å². The number of aromatic nitrogens is 2. The van der Waals surface area contributed by atoms with E-state index < -0.39 is 11.5 Å². The SMILES string of the molecule is NCC(C(=O)Cc1cccc(C(CN)(Nc2ccc3cnccc3c2)C(=O)Nc2ccc3cnccc3c2)c1)c1cccc(COC(=O)C2CCCCC2)c1. The summed E-state index contributed by atoms with van der Waals surface area (Å²) in [6, 6.07) is 30.2. The van der Waals surface area contributed by atoms with Gasteiger partial charge in [-0.25, -0.2) is 0 Å². The van der Waals surface area contributed by atoms with Crippen molar-refractivity contribution in [3.63, 3.8) is 0 Å². The van der Waals surface area contributed by atoms with Gasteiger partial charge in [-0.3, -0.25) is 24.4 Å². The Morgan fingerprint density at radius 3 is 2.13 bits per heavy atom. The highest BCUT2D eigenvalue weighted by atomic mass is 16.5. The van der Waals surface area contributed by atoms with Crippen LogP contribution in [0.1, 0.15) is 60.3 Å². The first-order valence-corrected chi connectivity index (χ1v) is 18.9. The number of Topliss-reactive ketones (excluding diaryl/α,β-unsaturated/α-hetero) is 1. The van der Waals surface area contributed by atoms with Crippen LogP contribution in [0.25, 0.3) is 21.5 Å². The fourth-order valence-electron chi connectivity index (χ4n) is 7.56. The molecule has 4 aromatic carbocycles. The topological polar surface area (TPSA) is 162 Å². The second-order valence-corrected chi connectivity index (χ2v) is 14.4. The number of anilines is 2. The van der Waals surface area contributed by atoms with Crippen molar-refractivity contribution >= 4 is 50.6 Å². The maximum atomic E-state index is 14.6. The molecule has 0 spiro atoms. The number of fused-ring (bicyclic) bond motifs is 2. The second-order valence-electron chi connectivity index (χ2n) is 14.4. The van der Waals surface area contributed by atoms with Gasteiger partial charge < -0.3 is 26.8 Å². The van der Waals surface area contributed by atoms with E-state index in [0.29, 0.717) is 22.5 Å². The van der Waals surface area contributed by atoms with Crippen LogP contribution in [0.4, 0.5) is 11.4 Å². The van der Waals surface area contributed by atoms with E-state index in [0.717, 1.165) is 58.4 Å². The van der Waals surface area contributed by atoms with Crippen LogP contribution in [0.2, 0.25) is 0 Å². The minimum Gasteiger partial charge on any atom is -0.461 e. The number of nitrogens with one attached hydrogen (secondary N) is 2. The van der Waals surface area contributed by atoms with E-state index in [-0.39, 0.29) is 49.7 Å². The molecular formula is C45H46N6O4. The Bertz CT molecular complexity index is 2320. The lowest BCUT2D eigenvalue weighted by molar-refractivity contribution is -0.151. The van der Waals surface area contributed by atoms with Crippen molar-refractivity contribution in [2.24, 2.45) is 17.4 Å². The predicted octanol–water partition coefficient (Wildman–Crippen LogP) is 7.17. The molecule has 2 aromatic heterocycles. The van der Waals surface area contributed by atoms with E-state index >= 15 is 0 Å². The summed E-state index contributed by atoms with van der Waals surface area (Å²) in [6.07, 6.45) is 12.1. The van der Waals surface area contributed by atoms with E-state index in [9.17, 15) is 14.4 Å². The quantitative estimate of drug-likeness (QED) is 0.0851. The summed E-state index contributed by atoms with van der Waals surface area (Å²) < 4.78 is 5.68. The number of nitrogens with zero attached hydrogens (tertiary/aromatic N) is 2. The molecule has 0 aliphatic heterocycles. The first-order chi connectivity index (χ1) is 26.8. The van der Waals surface area contributed by atoms with Crippen molar-refractivity contribution in [2.45, 2.75) is 56.6 Å². The van der Waals surface area contributed by atoms with E-state index in [1.165, 1.54) is 6.42 Å².